The first-order valence-electron chi connectivity index (χ1n) is 10.9. The van der Waals surface area contributed by atoms with E-state index >= 15 is 0 Å². The Morgan fingerprint density at radius 1 is 0.944 bits per heavy atom. The van der Waals surface area contributed by atoms with Crippen LogP contribution < -0.4 is 4.31 Å². The van der Waals surface area contributed by atoms with Crippen molar-refractivity contribution in [2.75, 3.05) is 25.5 Å². The molecule has 1 heterocycles. The summed E-state index contributed by atoms with van der Waals surface area (Å²) in [6, 6.07) is 19.0. The van der Waals surface area contributed by atoms with Crippen molar-refractivity contribution in [3.05, 3.63) is 102 Å². The van der Waals surface area contributed by atoms with Crippen LogP contribution in [0.3, 0.4) is 0 Å². The molecule has 0 fully saturated rings. The Morgan fingerprint density at radius 2 is 1.58 bits per heavy atom. The minimum Gasteiger partial charge on any atom is -0.465 e. The zero-order chi connectivity index (χ0) is 26.0. The van der Waals surface area contributed by atoms with Crippen molar-refractivity contribution in [3.8, 4) is 0 Å². The highest BCUT2D eigenvalue weighted by Crippen LogP contribution is 2.26. The van der Waals surface area contributed by atoms with Crippen LogP contribution in [0.15, 0.2) is 79.0 Å². The molecule has 36 heavy (non-hydrogen) atoms. The van der Waals surface area contributed by atoms with Crippen LogP contribution in [0.4, 0.5) is 10.1 Å². The van der Waals surface area contributed by atoms with Gasteiger partial charge >= 0.3 is 16.2 Å². The summed E-state index contributed by atoms with van der Waals surface area (Å²) < 4.78 is 48.6. The fourth-order valence-corrected chi connectivity index (χ4v) is 4.92. The molecule has 186 valence electrons. The number of nitrogens with zero attached hydrogens (tertiary/aromatic N) is 3. The maximum absolute atomic E-state index is 14.5. The number of halogens is 1. The molecule has 0 radical (unpaired) electrons. The molecule has 10 heteroatoms. The van der Waals surface area contributed by atoms with Gasteiger partial charge in [-0.05, 0) is 35.9 Å². The summed E-state index contributed by atoms with van der Waals surface area (Å²) in [5.74, 6) is -1.60. The van der Waals surface area contributed by atoms with Gasteiger partial charge in [-0.1, -0.05) is 42.5 Å². The van der Waals surface area contributed by atoms with Gasteiger partial charge in [0, 0.05) is 31.2 Å². The van der Waals surface area contributed by atoms with Crippen molar-refractivity contribution in [1.82, 2.24) is 8.87 Å². The van der Waals surface area contributed by atoms with E-state index < -0.39 is 22.0 Å². The van der Waals surface area contributed by atoms with E-state index in [-0.39, 0.29) is 23.7 Å². The van der Waals surface area contributed by atoms with Crippen molar-refractivity contribution in [1.29, 1.82) is 0 Å². The van der Waals surface area contributed by atoms with Crippen LogP contribution in [-0.4, -0.2) is 50.4 Å². The number of benzene rings is 3. The van der Waals surface area contributed by atoms with E-state index in [1.54, 1.807) is 54.6 Å². The number of rotatable bonds is 7. The average molecular weight is 510 g/mol. The third-order valence-corrected chi connectivity index (χ3v) is 7.53. The van der Waals surface area contributed by atoms with Crippen LogP contribution in [0.2, 0.25) is 0 Å². The fourth-order valence-electron chi connectivity index (χ4n) is 3.82. The van der Waals surface area contributed by atoms with E-state index in [4.69, 9.17) is 4.74 Å². The Morgan fingerprint density at radius 3 is 2.22 bits per heavy atom. The summed E-state index contributed by atoms with van der Waals surface area (Å²) >= 11 is 0. The third kappa shape index (κ3) is 4.60. The molecule has 0 aliphatic heterocycles. The Labute approximate surface area is 208 Å². The van der Waals surface area contributed by atoms with Crippen LogP contribution in [0.25, 0.3) is 10.9 Å². The minimum absolute atomic E-state index is 0.0829. The molecule has 0 aliphatic carbocycles. The van der Waals surface area contributed by atoms with Crippen molar-refractivity contribution < 1.29 is 27.1 Å². The van der Waals surface area contributed by atoms with Crippen LogP contribution >= 0.6 is 0 Å². The van der Waals surface area contributed by atoms with Gasteiger partial charge in [0.15, 0.2) is 0 Å². The second-order valence-corrected chi connectivity index (χ2v) is 10.2. The molecule has 4 rings (SSSR count). The molecule has 0 bridgehead atoms. The second kappa shape index (κ2) is 9.92. The van der Waals surface area contributed by atoms with E-state index in [2.05, 4.69) is 0 Å². The lowest BCUT2D eigenvalue weighted by Gasteiger charge is -2.27. The number of carbonyl (C=O) groups excluding carboxylic acids is 2. The molecule has 0 atom stereocenters. The number of aromatic nitrogens is 1. The number of carbonyl (C=O) groups is 2. The second-order valence-electron chi connectivity index (χ2n) is 8.17. The lowest BCUT2D eigenvalue weighted by atomic mass is 10.1. The monoisotopic (exact) mass is 509 g/mol. The van der Waals surface area contributed by atoms with Gasteiger partial charge < -0.3 is 4.74 Å². The Balaban J connectivity index is 1.67. The van der Waals surface area contributed by atoms with Crippen LogP contribution in [0, 0.1) is 5.82 Å². The molecule has 0 aliphatic rings. The Hall–Kier alpha value is -4.02. The quantitative estimate of drug-likeness (QED) is 0.351. The lowest BCUT2D eigenvalue weighted by Crippen LogP contribution is -2.40. The van der Waals surface area contributed by atoms with E-state index in [1.165, 1.54) is 50.2 Å². The van der Waals surface area contributed by atoms with Gasteiger partial charge in [0.25, 0.3) is 5.91 Å². The van der Waals surface area contributed by atoms with Gasteiger partial charge in [-0.25, -0.2) is 9.18 Å². The molecular weight excluding hydrogens is 485 g/mol. The molecule has 4 aromatic rings. The highest BCUT2D eigenvalue weighted by molar-refractivity contribution is 7.90. The number of methoxy groups -OCH3 is 1. The molecule has 1 aromatic heterocycles. The maximum atomic E-state index is 14.5. The van der Waals surface area contributed by atoms with Crippen LogP contribution in [0.1, 0.15) is 26.3 Å². The number of esters is 1. The number of fused-ring (bicyclic) bond motifs is 1. The molecule has 0 unspecified atom stereocenters. The molecule has 0 spiro atoms. The van der Waals surface area contributed by atoms with E-state index in [0.717, 1.165) is 8.61 Å². The van der Waals surface area contributed by atoms with Gasteiger partial charge in [-0.2, -0.15) is 12.7 Å². The summed E-state index contributed by atoms with van der Waals surface area (Å²) in [4.78, 5) is 25.5. The van der Waals surface area contributed by atoms with Crippen molar-refractivity contribution in [2.45, 2.75) is 6.54 Å². The van der Waals surface area contributed by atoms with E-state index in [1.807, 2.05) is 0 Å². The topological polar surface area (TPSA) is 88.9 Å². The van der Waals surface area contributed by atoms with Crippen LogP contribution in [0.5, 0.6) is 0 Å². The summed E-state index contributed by atoms with van der Waals surface area (Å²) in [5, 5.41) is 0.587. The van der Waals surface area contributed by atoms with Crippen molar-refractivity contribution in [2.24, 2.45) is 0 Å². The Kier molecular flexibility index (Phi) is 6.91. The molecular formula is C26H24FN3O5S. The average Bonchev–Trinajstić information content (AvgIpc) is 3.27. The number of hydrogen-bond donors (Lipinski definition) is 0. The highest BCUT2D eigenvalue weighted by atomic mass is 32.2. The largest absolute Gasteiger partial charge is 0.465 e. The first-order valence-corrected chi connectivity index (χ1v) is 12.3. The zero-order valence-electron chi connectivity index (χ0n) is 19.9. The lowest BCUT2D eigenvalue weighted by molar-refractivity contribution is 0.0603. The summed E-state index contributed by atoms with van der Waals surface area (Å²) in [6.45, 7) is -0.144. The predicted molar refractivity (Wildman–Crippen MR) is 135 cm³/mol. The van der Waals surface area contributed by atoms with Gasteiger partial charge in [0.05, 0.1) is 30.4 Å². The Bertz CT molecular complexity index is 1550. The molecule has 0 N–H and O–H groups in total. The number of para-hydroxylation sites is 2. The van der Waals surface area contributed by atoms with Crippen molar-refractivity contribution >= 4 is 38.7 Å². The normalized spacial score (nSPS) is 11.6. The summed E-state index contributed by atoms with van der Waals surface area (Å²) in [5.41, 5.74) is 1.61. The SMILES string of the molecule is COC(=O)c1cn(C(=O)c2ccc(CN(c3ccccc3F)S(=O)(=O)N(C)C)cc2)c2ccccc12. The predicted octanol–water partition coefficient (Wildman–Crippen LogP) is 4.07. The highest BCUT2D eigenvalue weighted by Gasteiger charge is 2.27. The van der Waals surface area contributed by atoms with Gasteiger partial charge in [-0.15, -0.1) is 0 Å². The van der Waals surface area contributed by atoms with Gasteiger partial charge in [-0.3, -0.25) is 13.7 Å². The smallest absolute Gasteiger partial charge is 0.340 e. The number of hydrogen-bond acceptors (Lipinski definition) is 5. The molecule has 3 aromatic carbocycles. The molecule has 8 nitrogen and oxygen atoms in total. The van der Waals surface area contributed by atoms with E-state index in [0.29, 0.717) is 22.0 Å². The maximum Gasteiger partial charge on any atom is 0.340 e. The van der Waals surface area contributed by atoms with E-state index in [9.17, 15) is 22.4 Å². The van der Waals surface area contributed by atoms with Gasteiger partial charge in [0.1, 0.15) is 5.82 Å². The van der Waals surface area contributed by atoms with Crippen molar-refractivity contribution in [3.63, 3.8) is 0 Å². The third-order valence-electron chi connectivity index (χ3n) is 5.72. The number of ether oxygens (including phenoxy) is 1. The first kappa shape index (κ1) is 25.1. The van der Waals surface area contributed by atoms with Gasteiger partial charge in [0.2, 0.25) is 0 Å². The summed E-state index contributed by atoms with van der Waals surface area (Å²) in [6.07, 6.45) is 1.44. The standard InChI is InChI=1S/C26H24FN3O5S/c1-28(2)36(33,34)30(24-11-7-5-9-22(24)27)16-18-12-14-19(15-13-18)25(31)29-17-21(26(32)35-3)20-8-4-6-10-23(20)29/h4-15,17H,16H2,1-3H3. The molecule has 0 saturated carbocycles. The first-order chi connectivity index (χ1) is 17.1. The number of anilines is 1. The zero-order valence-corrected chi connectivity index (χ0v) is 20.7. The molecule has 0 amide bonds. The minimum atomic E-state index is -4.00. The fraction of sp³-hybridized carbons (Fsp3) is 0.154. The summed E-state index contributed by atoms with van der Waals surface area (Å²) in [7, 11) is 0.0112. The molecule has 0 saturated heterocycles. The van der Waals surface area contributed by atoms with Crippen LogP contribution in [-0.2, 0) is 21.5 Å².